The van der Waals surface area contributed by atoms with Gasteiger partial charge in [0, 0.05) is 105 Å². The van der Waals surface area contributed by atoms with Crippen LogP contribution < -0.4 is 52.4 Å². The van der Waals surface area contributed by atoms with Crippen molar-refractivity contribution < 1.29 is 24.8 Å². The van der Waals surface area contributed by atoms with Gasteiger partial charge >= 0.3 is 0 Å². The molecule has 21 nitrogen and oxygen atoms in total. The fourth-order valence-corrected chi connectivity index (χ4v) is 21.6. The number of rotatable bonds is 32. The number of nitrogens with one attached hydrogen (secondary N) is 7. The Morgan fingerprint density at radius 3 is 1.12 bits per heavy atom. The van der Waals surface area contributed by atoms with Crippen LogP contribution in [0.4, 0.5) is 47.1 Å². The van der Waals surface area contributed by atoms with Crippen molar-refractivity contribution in [2.75, 3.05) is 57.2 Å². The topological polar surface area (TPSA) is 292 Å². The second kappa shape index (κ2) is 47.2. The smallest absolute Gasteiger partial charge is 0.225 e. The Morgan fingerprint density at radius 2 is 0.703 bits per heavy atom. The third-order valence-electron chi connectivity index (χ3n) is 24.5. The van der Waals surface area contributed by atoms with Crippen LogP contribution in [-0.2, 0) is 65.3 Å². The Labute approximate surface area is 822 Å². The minimum atomic E-state index is 0.00203. The average molecular weight is 1900 g/mol. The molecule has 2 atom stereocenters. The third kappa shape index (κ3) is 24.1. The minimum absolute atomic E-state index is 0.00203. The number of methoxy groups -OCH3 is 2. The maximum absolute atomic E-state index is 9.75. The van der Waals surface area contributed by atoms with Gasteiger partial charge in [0.25, 0.3) is 0 Å². The summed E-state index contributed by atoms with van der Waals surface area (Å²) < 4.78 is 10.7. The lowest BCUT2D eigenvalue weighted by Gasteiger charge is -2.21. The minimum Gasteiger partial charge on any atom is -0.493 e. The van der Waals surface area contributed by atoms with Crippen molar-refractivity contribution >= 4 is 138 Å². The summed E-state index contributed by atoms with van der Waals surface area (Å²) in [7, 11) is 3.15. The first kappa shape index (κ1) is 95.7. The highest BCUT2D eigenvalue weighted by molar-refractivity contribution is 8.03. The van der Waals surface area contributed by atoms with Gasteiger partial charge in [-0.25, -0.2) is 19.9 Å². The molecule has 0 aliphatic heterocycles. The van der Waals surface area contributed by atoms with Gasteiger partial charge in [-0.2, -0.15) is 19.9 Å². The monoisotopic (exact) mass is 1900 g/mol. The maximum atomic E-state index is 9.75. The average Bonchev–Trinajstić information content (AvgIpc) is 1.44. The number of nitrogens with zero attached hydrogens (tertiary/aromatic N) is 8. The number of nitrogens with two attached hydrogens (primary N) is 1. The zero-order chi connectivity index (χ0) is 94.9. The van der Waals surface area contributed by atoms with Gasteiger partial charge in [0.1, 0.15) is 23.3 Å². The van der Waals surface area contributed by atoms with Crippen LogP contribution in [-0.4, -0.2) is 81.5 Å². The SMILES string of the molecule is C/C=C\C(=C/C)Sc1ccccc1CNc1nc(NC2CCCC2)c2ccccc2n1.COc1cc2nc(NCc3ccccc3Sc3ccccc3CO)nc(N)c2cc1OC.C[C@H]1Cc2ccccc2[C@H]1Nc1nc(NCc2ccccc2Sc2ccccc2CO)nc2ccccc12.OCc1ccccc1Sc1ccccc1CNc1nc(NC2Cc3ccccc3C2)c2ccccc2n1. The van der Waals surface area contributed by atoms with Crippen molar-refractivity contribution in [3.63, 3.8) is 0 Å². The molecule has 0 radical (unpaired) electrons. The van der Waals surface area contributed by atoms with Crippen molar-refractivity contribution in [1.82, 2.24) is 39.9 Å². The van der Waals surface area contributed by atoms with E-state index in [-0.39, 0.29) is 25.9 Å². The predicted molar refractivity (Wildman–Crippen MR) is 567 cm³/mol. The molecule has 4 heterocycles. The number of thioether (sulfide) groups is 1. The Hall–Kier alpha value is -14.0. The van der Waals surface area contributed by atoms with Crippen LogP contribution in [0.25, 0.3) is 43.6 Å². The molecule has 25 heteroatoms. The normalized spacial score (nSPS) is 13.9. The number of hydrogen-bond acceptors (Lipinski definition) is 25. The van der Waals surface area contributed by atoms with E-state index < -0.39 is 0 Å². The molecular formula is C113H112N16O5S4. The van der Waals surface area contributed by atoms with Crippen molar-refractivity contribution in [2.45, 2.75) is 164 Å². The van der Waals surface area contributed by atoms with Gasteiger partial charge in [-0.3, -0.25) is 0 Å². The summed E-state index contributed by atoms with van der Waals surface area (Å²) in [6.45, 7) is 8.84. The highest BCUT2D eigenvalue weighted by Gasteiger charge is 2.31. The van der Waals surface area contributed by atoms with Gasteiger partial charge in [-0.15, -0.1) is 0 Å². The van der Waals surface area contributed by atoms with Crippen molar-refractivity contribution in [3.8, 4) is 11.5 Å². The standard InChI is InChI=1S/C32H30N4OS.C31H28N4OS.C26H30N4S.C24H24N4O3S/c1-21-18-22-10-2-5-13-25(22)30(21)35-31-26-14-6-7-15-27(26)34-32(36-31)33-19-23-11-3-8-16-28(23)38-29-17-9-4-12-24(29)20-37;36-20-24-12-4-8-16-29(24)37-28-15-7-3-11-23(28)19-32-31-34-27-14-6-5-13-26(27)30(35-31)33-25-17-21-9-1-2-10-22(21)18-25;1-3-11-21(4-2)31-24-17-10-5-12-19(24)18-27-26-29-23-16-9-8-15-22(23)25(30-26)28-20-13-6-7-14-20;1-30-19-11-17-18(12-20(19)31-2)27-24(28-23(17)25)26-13-15-7-3-5-9-21(15)32-22-10-6-4-8-16(22)14-29/h2-17,21,30,37H,18-20H2,1H3,(H2,33,34,35,36);1-16,25,36H,17-20H2,(H2,32,33,34,35);3-5,8-12,15-17,20H,6-7,13-14,18H2,1-2H3,(H2,27,28,29,30);3-12,29H,13-14H2,1-2H3,(H3,25,26,27,28)/b;;11-3-,21-4+;/t21-,30-;;;/m0.../s1. The molecule has 0 amide bonds. The fraction of sp³-hybridized carbons (Fsp3) is 0.204. The van der Waals surface area contributed by atoms with Crippen molar-refractivity contribution in [2.24, 2.45) is 5.92 Å². The lowest BCUT2D eigenvalue weighted by Crippen LogP contribution is -2.21. The van der Waals surface area contributed by atoms with Crippen LogP contribution in [0.15, 0.2) is 361 Å². The molecule has 12 N–H and O–H groups in total. The number of benzene rings is 13. The van der Waals surface area contributed by atoms with Gasteiger partial charge in [0.15, 0.2) is 11.5 Å². The number of nitrogen functional groups attached to an aromatic ring is 1. The number of hydrogen-bond donors (Lipinski definition) is 11. The number of aliphatic hydroxyl groups excluding tert-OH is 3. The van der Waals surface area contributed by atoms with Gasteiger partial charge in [0.05, 0.1) is 62.1 Å². The molecule has 20 rings (SSSR count). The Kier molecular flexibility index (Phi) is 32.7. The fourth-order valence-electron chi connectivity index (χ4n) is 17.4. The highest BCUT2D eigenvalue weighted by Crippen LogP contribution is 2.43. The van der Waals surface area contributed by atoms with Crippen LogP contribution in [0.2, 0.25) is 0 Å². The maximum Gasteiger partial charge on any atom is 0.225 e. The van der Waals surface area contributed by atoms with Crippen LogP contribution in [0.5, 0.6) is 11.5 Å². The van der Waals surface area contributed by atoms with E-state index in [2.05, 4.69) is 219 Å². The molecule has 138 heavy (non-hydrogen) atoms. The highest BCUT2D eigenvalue weighted by atomic mass is 32.2. The second-order valence-electron chi connectivity index (χ2n) is 33.8. The zero-order valence-corrected chi connectivity index (χ0v) is 81.0. The number of aromatic nitrogens is 8. The summed E-state index contributed by atoms with van der Waals surface area (Å²) in [5, 5.41) is 57.8. The molecule has 0 spiro atoms. The summed E-state index contributed by atoms with van der Waals surface area (Å²) in [5.74, 6) is 6.94. The van der Waals surface area contributed by atoms with E-state index in [1.165, 1.54) is 63.3 Å². The van der Waals surface area contributed by atoms with Crippen LogP contribution in [0.1, 0.15) is 114 Å². The Bertz CT molecular complexity index is 7120. The molecule has 0 bridgehead atoms. The predicted octanol–water partition coefficient (Wildman–Crippen LogP) is 25.3. The van der Waals surface area contributed by atoms with E-state index >= 15 is 0 Å². The number of ether oxygens (including phenoxy) is 2. The largest absolute Gasteiger partial charge is 0.493 e. The first-order valence-electron chi connectivity index (χ1n) is 46.6. The van der Waals surface area contributed by atoms with E-state index in [1.54, 1.807) is 73.4 Å². The van der Waals surface area contributed by atoms with Crippen molar-refractivity contribution in [1.29, 1.82) is 0 Å². The van der Waals surface area contributed by atoms with Gasteiger partial charge in [-0.05, 0) is 198 Å². The Balaban J connectivity index is 0.000000128. The number of aliphatic hydroxyl groups is 3. The van der Waals surface area contributed by atoms with Crippen LogP contribution >= 0.6 is 47.0 Å². The summed E-state index contributed by atoms with van der Waals surface area (Å²) in [6.07, 6.45) is 14.4. The van der Waals surface area contributed by atoms with E-state index in [1.807, 2.05) is 159 Å². The molecule has 0 saturated heterocycles. The summed E-state index contributed by atoms with van der Waals surface area (Å²) in [4.78, 5) is 47.1. The lowest BCUT2D eigenvalue weighted by molar-refractivity contribution is 0.278. The molecule has 1 saturated carbocycles. The quantitative estimate of drug-likeness (QED) is 0.0138. The zero-order valence-electron chi connectivity index (χ0n) is 77.8. The summed E-state index contributed by atoms with van der Waals surface area (Å²) >= 11 is 6.74. The first-order chi connectivity index (χ1) is 67.8. The van der Waals surface area contributed by atoms with E-state index in [0.29, 0.717) is 96.2 Å². The number of fused-ring (bicyclic) bond motifs is 6. The molecule has 698 valence electrons. The van der Waals surface area contributed by atoms with Crippen molar-refractivity contribution in [3.05, 3.63) is 388 Å². The molecule has 1 fully saturated rings. The van der Waals surface area contributed by atoms with Crippen LogP contribution in [0.3, 0.4) is 0 Å². The molecule has 4 aromatic heterocycles. The summed E-state index contributed by atoms with van der Waals surface area (Å²) in [6, 6.07) is 104. The second-order valence-corrected chi connectivity index (χ2v) is 38.2. The molecule has 17 aromatic rings. The third-order valence-corrected chi connectivity index (χ3v) is 29.4. The number of para-hydroxylation sites is 3. The molecule has 0 unspecified atom stereocenters. The first-order valence-corrected chi connectivity index (χ1v) is 49.9. The van der Waals surface area contributed by atoms with Gasteiger partial charge < -0.3 is 67.7 Å². The number of allylic oxidation sites excluding steroid dienone is 3. The van der Waals surface area contributed by atoms with E-state index in [4.69, 9.17) is 45.1 Å². The van der Waals surface area contributed by atoms with Crippen LogP contribution in [0, 0.1) is 5.92 Å². The molecule has 3 aliphatic rings. The van der Waals surface area contributed by atoms with Gasteiger partial charge in [0.2, 0.25) is 23.8 Å². The van der Waals surface area contributed by atoms with E-state index in [9.17, 15) is 15.3 Å². The molecule has 3 aliphatic carbocycles. The lowest BCUT2D eigenvalue weighted by atomic mass is 10.0. The Morgan fingerprint density at radius 1 is 0.362 bits per heavy atom. The van der Waals surface area contributed by atoms with Gasteiger partial charge in [-0.1, -0.05) is 297 Å². The van der Waals surface area contributed by atoms with E-state index in [0.717, 1.165) is 132 Å². The molecular weight excluding hydrogens is 1790 g/mol. The molecule has 13 aromatic carbocycles. The number of anilines is 8. The summed E-state index contributed by atoms with van der Waals surface area (Å²) in [5.41, 5.74) is 22.6.